The maximum Gasteiger partial charge on any atom is 0.322 e. The van der Waals surface area contributed by atoms with E-state index in [9.17, 15) is 14.4 Å². The van der Waals surface area contributed by atoms with E-state index in [2.05, 4.69) is 12.2 Å². The fraction of sp³-hybridized carbons (Fsp3) is 0.467. The molecule has 0 aliphatic heterocycles. The Hall–Kier alpha value is -3.68. The normalized spacial score (nSPS) is 11.8. The number of anilines is 1. The molecule has 0 saturated carbocycles. The summed E-state index contributed by atoms with van der Waals surface area (Å²) in [6.07, 6.45) is 5.26. The summed E-state index contributed by atoms with van der Waals surface area (Å²) in [6.45, 7) is 7.01. The van der Waals surface area contributed by atoms with E-state index in [1.807, 2.05) is 61.2 Å². The lowest BCUT2D eigenvalue weighted by atomic mass is 10.1. The van der Waals surface area contributed by atoms with Crippen LogP contribution in [0.2, 0.25) is 0 Å². The Labute approximate surface area is 225 Å². The summed E-state index contributed by atoms with van der Waals surface area (Å²) in [5, 5.41) is 3.56. The fourth-order valence-corrected chi connectivity index (χ4v) is 4.62. The van der Waals surface area contributed by atoms with Gasteiger partial charge in [0.15, 0.2) is 0 Å². The Bertz CT molecular complexity index is 1270. The Kier molecular flexibility index (Phi) is 10.9. The van der Waals surface area contributed by atoms with E-state index in [0.717, 1.165) is 36.9 Å². The monoisotopic (exact) mass is 520 g/mol. The number of benzene rings is 2. The lowest BCUT2D eigenvalue weighted by Gasteiger charge is -2.32. The van der Waals surface area contributed by atoms with Crippen molar-refractivity contribution in [2.75, 3.05) is 19.0 Å². The highest BCUT2D eigenvalue weighted by Crippen LogP contribution is 2.26. The molecule has 0 fully saturated rings. The molecular weight excluding hydrogens is 480 g/mol. The molecule has 2 amide bonds. The van der Waals surface area contributed by atoms with E-state index in [4.69, 9.17) is 9.72 Å². The Balaban J connectivity index is 2.02. The van der Waals surface area contributed by atoms with E-state index in [-0.39, 0.29) is 24.0 Å². The zero-order chi connectivity index (χ0) is 27.5. The van der Waals surface area contributed by atoms with E-state index in [1.165, 1.54) is 7.11 Å². The quantitative estimate of drug-likeness (QED) is 0.213. The van der Waals surface area contributed by atoms with Gasteiger partial charge in [-0.15, -0.1) is 0 Å². The highest BCUT2D eigenvalue weighted by Gasteiger charge is 2.28. The van der Waals surface area contributed by atoms with Gasteiger partial charge in [-0.05, 0) is 50.5 Å². The fourth-order valence-electron chi connectivity index (χ4n) is 4.62. The van der Waals surface area contributed by atoms with Gasteiger partial charge in [-0.25, -0.2) is 9.78 Å². The molecule has 1 atom stereocenters. The van der Waals surface area contributed by atoms with Crippen LogP contribution in [0.4, 0.5) is 10.5 Å². The molecule has 1 heterocycles. The van der Waals surface area contributed by atoms with Crippen molar-refractivity contribution in [3.63, 3.8) is 0 Å². The molecule has 3 rings (SSSR count). The van der Waals surface area contributed by atoms with Crippen LogP contribution in [-0.4, -0.2) is 40.1 Å². The van der Waals surface area contributed by atoms with Gasteiger partial charge in [-0.2, -0.15) is 0 Å². The molecule has 0 saturated heterocycles. The predicted molar refractivity (Wildman–Crippen MR) is 151 cm³/mol. The molecule has 3 aromatic rings. The third kappa shape index (κ3) is 7.43. The molecule has 8 heteroatoms. The number of carbonyl (C=O) groups is 2. The summed E-state index contributed by atoms with van der Waals surface area (Å²) < 4.78 is 6.42. The highest BCUT2D eigenvalue weighted by atomic mass is 16.5. The molecule has 8 nitrogen and oxygen atoms in total. The number of nitrogens with zero attached hydrogens (tertiary/aromatic N) is 3. The minimum Gasteiger partial charge on any atom is -0.469 e. The van der Waals surface area contributed by atoms with Crippen molar-refractivity contribution in [1.29, 1.82) is 0 Å². The number of methoxy groups -OCH3 is 1. The number of hydrogen-bond donors (Lipinski definition) is 1. The van der Waals surface area contributed by atoms with Crippen molar-refractivity contribution in [2.45, 2.75) is 78.3 Å². The first-order valence-corrected chi connectivity index (χ1v) is 13.6. The van der Waals surface area contributed by atoms with Gasteiger partial charge in [0.25, 0.3) is 5.56 Å². The molecule has 1 N–H and O–H groups in total. The maximum absolute atomic E-state index is 13.7. The van der Waals surface area contributed by atoms with Crippen LogP contribution < -0.4 is 10.9 Å². The third-order valence-electron chi connectivity index (χ3n) is 6.76. The van der Waals surface area contributed by atoms with E-state index >= 15 is 0 Å². The van der Waals surface area contributed by atoms with Crippen molar-refractivity contribution in [2.24, 2.45) is 0 Å². The van der Waals surface area contributed by atoms with Crippen LogP contribution in [0.3, 0.4) is 0 Å². The third-order valence-corrected chi connectivity index (χ3v) is 6.76. The van der Waals surface area contributed by atoms with Gasteiger partial charge in [-0.3, -0.25) is 14.2 Å². The standard InChI is InChI=1S/C30H40N4O4/c1-5-7-8-11-20-33(30(37)31-23-18-16-22(3)17-19-23)26(6-2)28-32-25-14-10-9-13-24(25)29(36)34(28)21-12-15-27(35)38-4/h9-10,13-14,16-19,26H,5-8,11-12,15,20-21H2,1-4H3,(H,31,37). The summed E-state index contributed by atoms with van der Waals surface area (Å²) in [5.41, 5.74) is 2.26. The number of nitrogens with one attached hydrogen (secondary N) is 1. The SMILES string of the molecule is CCCCCCN(C(=O)Nc1ccc(C)cc1)C(CC)c1nc2ccccc2c(=O)n1CCCC(=O)OC. The molecular formula is C30H40N4O4. The van der Waals surface area contributed by atoms with Crippen LogP contribution in [0.15, 0.2) is 53.3 Å². The number of rotatable bonds is 13. The Morgan fingerprint density at radius 2 is 1.76 bits per heavy atom. The van der Waals surface area contributed by atoms with E-state index in [1.54, 1.807) is 10.6 Å². The van der Waals surface area contributed by atoms with Crippen LogP contribution >= 0.6 is 0 Å². The second kappa shape index (κ2) is 14.3. The molecule has 0 aliphatic rings. The van der Waals surface area contributed by atoms with Crippen LogP contribution in [0.1, 0.15) is 76.2 Å². The number of fused-ring (bicyclic) bond motifs is 1. The average Bonchev–Trinajstić information content (AvgIpc) is 2.92. The lowest BCUT2D eigenvalue weighted by Crippen LogP contribution is -2.41. The first-order valence-electron chi connectivity index (χ1n) is 13.6. The second-order valence-corrected chi connectivity index (χ2v) is 9.60. The van der Waals surface area contributed by atoms with Gasteiger partial charge in [-0.1, -0.05) is 62.9 Å². The molecule has 0 aliphatic carbocycles. The molecule has 2 aromatic carbocycles. The van der Waals surface area contributed by atoms with Crippen LogP contribution in [0.25, 0.3) is 10.9 Å². The summed E-state index contributed by atoms with van der Waals surface area (Å²) in [4.78, 5) is 45.8. The van der Waals surface area contributed by atoms with E-state index in [0.29, 0.717) is 42.7 Å². The summed E-state index contributed by atoms with van der Waals surface area (Å²) >= 11 is 0. The maximum atomic E-state index is 13.7. The zero-order valence-electron chi connectivity index (χ0n) is 23.0. The Morgan fingerprint density at radius 3 is 2.45 bits per heavy atom. The smallest absolute Gasteiger partial charge is 0.322 e. The molecule has 1 aromatic heterocycles. The number of aryl methyl sites for hydroxylation is 1. The average molecular weight is 521 g/mol. The van der Waals surface area contributed by atoms with Gasteiger partial charge in [0.1, 0.15) is 5.82 Å². The predicted octanol–water partition coefficient (Wildman–Crippen LogP) is 6.22. The Morgan fingerprint density at radius 1 is 1.03 bits per heavy atom. The number of amides is 2. The van der Waals surface area contributed by atoms with Crippen LogP contribution in [0.5, 0.6) is 0 Å². The van der Waals surface area contributed by atoms with Gasteiger partial charge < -0.3 is 15.0 Å². The number of unbranched alkanes of at least 4 members (excludes halogenated alkanes) is 3. The van der Waals surface area contributed by atoms with Crippen LogP contribution in [0, 0.1) is 6.92 Å². The van der Waals surface area contributed by atoms with Crippen molar-refractivity contribution in [3.05, 3.63) is 70.3 Å². The lowest BCUT2D eigenvalue weighted by molar-refractivity contribution is -0.140. The van der Waals surface area contributed by atoms with Gasteiger partial charge in [0, 0.05) is 25.2 Å². The van der Waals surface area contributed by atoms with Crippen LogP contribution in [-0.2, 0) is 16.1 Å². The van der Waals surface area contributed by atoms with Crippen molar-refractivity contribution in [3.8, 4) is 0 Å². The number of esters is 1. The highest BCUT2D eigenvalue weighted by molar-refractivity contribution is 5.89. The van der Waals surface area contributed by atoms with Gasteiger partial charge in [0.2, 0.25) is 0 Å². The van der Waals surface area contributed by atoms with Crippen molar-refractivity contribution in [1.82, 2.24) is 14.5 Å². The minimum atomic E-state index is -0.419. The number of carbonyl (C=O) groups excluding carboxylic acids is 2. The van der Waals surface area contributed by atoms with Gasteiger partial charge in [0.05, 0.1) is 24.1 Å². The van der Waals surface area contributed by atoms with Crippen molar-refractivity contribution < 1.29 is 14.3 Å². The first-order chi connectivity index (χ1) is 18.4. The minimum absolute atomic E-state index is 0.168. The summed E-state index contributed by atoms with van der Waals surface area (Å²) in [7, 11) is 1.35. The topological polar surface area (TPSA) is 93.5 Å². The van der Waals surface area contributed by atoms with E-state index < -0.39 is 6.04 Å². The largest absolute Gasteiger partial charge is 0.469 e. The molecule has 0 spiro atoms. The molecule has 38 heavy (non-hydrogen) atoms. The zero-order valence-corrected chi connectivity index (χ0v) is 23.0. The summed E-state index contributed by atoms with van der Waals surface area (Å²) in [6, 6.07) is 14.3. The summed E-state index contributed by atoms with van der Waals surface area (Å²) in [5.74, 6) is 0.214. The number of hydrogen-bond acceptors (Lipinski definition) is 5. The van der Waals surface area contributed by atoms with Gasteiger partial charge >= 0.3 is 12.0 Å². The first kappa shape index (κ1) is 28.9. The number of para-hydroxylation sites is 1. The molecule has 0 bridgehead atoms. The molecule has 1 unspecified atom stereocenters. The molecule has 204 valence electrons. The number of aromatic nitrogens is 2. The molecule has 0 radical (unpaired) electrons. The second-order valence-electron chi connectivity index (χ2n) is 9.60. The van der Waals surface area contributed by atoms with Crippen molar-refractivity contribution >= 4 is 28.6 Å². The number of urea groups is 1. The number of ether oxygens (including phenoxy) is 1.